The highest BCUT2D eigenvalue weighted by molar-refractivity contribution is 5.89. The van der Waals surface area contributed by atoms with Gasteiger partial charge in [0, 0.05) is 30.6 Å². The molecular weight excluding hydrogens is 470 g/mol. The number of benzene rings is 2. The molecule has 0 radical (unpaired) electrons. The summed E-state index contributed by atoms with van der Waals surface area (Å²) in [6, 6.07) is 10.1. The zero-order valence-electron chi connectivity index (χ0n) is 21.6. The van der Waals surface area contributed by atoms with Gasteiger partial charge in [0.05, 0.1) is 19.2 Å². The molecular formula is C27H34F2N2O5. The van der Waals surface area contributed by atoms with Crippen LogP contribution in [0.2, 0.25) is 0 Å². The summed E-state index contributed by atoms with van der Waals surface area (Å²) in [5.41, 5.74) is 0.597. The second kappa shape index (κ2) is 12.5. The van der Waals surface area contributed by atoms with Crippen molar-refractivity contribution in [1.82, 2.24) is 9.80 Å². The van der Waals surface area contributed by atoms with Crippen LogP contribution in [-0.4, -0.2) is 60.1 Å². The Morgan fingerprint density at radius 2 is 1.72 bits per heavy atom. The third-order valence-electron chi connectivity index (χ3n) is 5.37. The van der Waals surface area contributed by atoms with Gasteiger partial charge < -0.3 is 14.4 Å². The van der Waals surface area contributed by atoms with E-state index in [1.165, 1.54) is 13.2 Å². The van der Waals surface area contributed by atoms with Gasteiger partial charge in [-0.05, 0) is 44.5 Å². The van der Waals surface area contributed by atoms with Crippen LogP contribution in [0.25, 0.3) is 0 Å². The lowest BCUT2D eigenvalue weighted by Gasteiger charge is -2.40. The fourth-order valence-electron chi connectivity index (χ4n) is 3.56. The van der Waals surface area contributed by atoms with Gasteiger partial charge in [0.15, 0.2) is 0 Å². The molecule has 0 atom stereocenters. The van der Waals surface area contributed by atoms with E-state index in [1.807, 2.05) is 19.9 Å². The number of esters is 1. The fraction of sp³-hybridized carbons (Fsp3) is 0.444. The molecule has 3 rings (SSSR count). The largest absolute Gasteiger partial charge is 0.465 e. The quantitative estimate of drug-likeness (QED) is 0.509. The molecule has 1 fully saturated rings. The highest BCUT2D eigenvalue weighted by Crippen LogP contribution is 2.28. The van der Waals surface area contributed by atoms with Gasteiger partial charge >= 0.3 is 12.1 Å². The number of rotatable bonds is 6. The van der Waals surface area contributed by atoms with Gasteiger partial charge in [-0.3, -0.25) is 9.69 Å². The number of halogens is 2. The van der Waals surface area contributed by atoms with E-state index in [9.17, 15) is 23.2 Å². The van der Waals surface area contributed by atoms with E-state index in [4.69, 9.17) is 9.47 Å². The van der Waals surface area contributed by atoms with Crippen LogP contribution in [-0.2, 0) is 20.8 Å². The Balaban J connectivity index is 0.00000222. The molecule has 0 aromatic heterocycles. The molecule has 0 aliphatic carbocycles. The van der Waals surface area contributed by atoms with E-state index < -0.39 is 29.3 Å². The first-order chi connectivity index (χ1) is 17.0. The monoisotopic (exact) mass is 504 g/mol. The van der Waals surface area contributed by atoms with Crippen LogP contribution < -0.4 is 0 Å². The van der Waals surface area contributed by atoms with Crippen LogP contribution in [0.15, 0.2) is 42.5 Å². The second-order valence-electron chi connectivity index (χ2n) is 9.18. The van der Waals surface area contributed by atoms with E-state index >= 15 is 0 Å². The molecule has 2 aromatic rings. The summed E-state index contributed by atoms with van der Waals surface area (Å²) >= 11 is 0. The van der Waals surface area contributed by atoms with Crippen molar-refractivity contribution in [3.63, 3.8) is 0 Å². The van der Waals surface area contributed by atoms with Gasteiger partial charge in [-0.2, -0.15) is 0 Å². The maximum atomic E-state index is 14.2. The first-order valence-corrected chi connectivity index (χ1v) is 11.8. The summed E-state index contributed by atoms with van der Waals surface area (Å²) in [7, 11) is 1.31. The number of amides is 2. The summed E-state index contributed by atoms with van der Waals surface area (Å²) < 4.78 is 37.6. The van der Waals surface area contributed by atoms with Crippen molar-refractivity contribution in [2.24, 2.45) is 0 Å². The van der Waals surface area contributed by atoms with Gasteiger partial charge in [-0.25, -0.2) is 18.4 Å². The lowest BCUT2D eigenvalue weighted by molar-refractivity contribution is -0.137. The van der Waals surface area contributed by atoms with Gasteiger partial charge in [0.25, 0.3) is 0 Å². The van der Waals surface area contributed by atoms with Gasteiger partial charge in [-0.15, -0.1) is 0 Å². The Morgan fingerprint density at radius 3 is 2.31 bits per heavy atom. The summed E-state index contributed by atoms with van der Waals surface area (Å²) in [6.45, 7) is 9.32. The van der Waals surface area contributed by atoms with Crippen molar-refractivity contribution in [2.45, 2.75) is 52.7 Å². The number of hydrogen-bond donors (Lipinski definition) is 0. The van der Waals surface area contributed by atoms with Crippen LogP contribution in [0.5, 0.6) is 0 Å². The van der Waals surface area contributed by atoms with Crippen molar-refractivity contribution >= 4 is 18.0 Å². The summed E-state index contributed by atoms with van der Waals surface area (Å²) in [5.74, 6) is -2.26. The summed E-state index contributed by atoms with van der Waals surface area (Å²) in [5, 5.41) is 0. The zero-order chi connectivity index (χ0) is 27.0. The molecule has 0 saturated carbocycles. The number of hydrogen-bond acceptors (Lipinski definition) is 5. The van der Waals surface area contributed by atoms with Crippen LogP contribution in [0, 0.1) is 11.6 Å². The fourth-order valence-corrected chi connectivity index (χ4v) is 3.56. The van der Waals surface area contributed by atoms with Crippen molar-refractivity contribution in [2.75, 3.05) is 26.7 Å². The average molecular weight is 505 g/mol. The first-order valence-electron chi connectivity index (χ1n) is 11.8. The highest BCUT2D eigenvalue weighted by Gasteiger charge is 2.34. The maximum Gasteiger partial charge on any atom is 0.411 e. The lowest BCUT2D eigenvalue weighted by Crippen LogP contribution is -2.52. The SMILES string of the molecule is CC.COC(=O)c1cccc(C2CN(C(=O)CN(Cc3ccc(F)cc3F)C(=O)OC(C)(C)C)C2)c1. The van der Waals surface area contributed by atoms with Crippen LogP contribution in [0.1, 0.15) is 62.0 Å². The summed E-state index contributed by atoms with van der Waals surface area (Å²) in [4.78, 5) is 40.0. The van der Waals surface area contributed by atoms with Crippen LogP contribution >= 0.6 is 0 Å². The Hall–Kier alpha value is -3.49. The number of nitrogens with zero attached hydrogens (tertiary/aromatic N) is 2. The topological polar surface area (TPSA) is 76.2 Å². The molecule has 196 valence electrons. The van der Waals surface area contributed by atoms with E-state index in [-0.39, 0.29) is 30.5 Å². The normalized spacial score (nSPS) is 13.2. The molecule has 0 spiro atoms. The van der Waals surface area contributed by atoms with Crippen LogP contribution in [0.3, 0.4) is 0 Å². The second-order valence-corrected chi connectivity index (χ2v) is 9.18. The average Bonchev–Trinajstić information content (AvgIpc) is 2.79. The maximum absolute atomic E-state index is 14.2. The highest BCUT2D eigenvalue weighted by atomic mass is 19.1. The summed E-state index contributed by atoms with van der Waals surface area (Å²) in [6.07, 6.45) is -0.771. The van der Waals surface area contributed by atoms with Gasteiger partial charge in [0.1, 0.15) is 23.8 Å². The Bertz CT molecular complexity index is 1080. The number of carbonyl (C=O) groups excluding carboxylic acids is 3. The van der Waals surface area contributed by atoms with Crippen molar-refractivity contribution in [1.29, 1.82) is 0 Å². The molecule has 1 heterocycles. The minimum Gasteiger partial charge on any atom is -0.465 e. The molecule has 1 aliphatic heterocycles. The number of methoxy groups -OCH3 is 1. The Labute approximate surface area is 211 Å². The Morgan fingerprint density at radius 1 is 1.06 bits per heavy atom. The molecule has 2 aromatic carbocycles. The molecule has 1 saturated heterocycles. The number of carbonyl (C=O) groups is 3. The molecule has 2 amide bonds. The standard InChI is InChI=1S/C25H28F2N2O5.C2H6/c1-25(2,3)34-24(32)29(12-18-8-9-20(26)11-21(18)27)15-22(30)28-13-19(14-28)16-6-5-7-17(10-16)23(31)33-4;1-2/h5-11,19H,12-15H2,1-4H3;1-2H3. The third kappa shape index (κ3) is 7.76. The zero-order valence-corrected chi connectivity index (χ0v) is 21.6. The first kappa shape index (κ1) is 28.7. The Kier molecular flexibility index (Phi) is 9.95. The lowest BCUT2D eigenvalue weighted by atomic mass is 9.90. The molecule has 36 heavy (non-hydrogen) atoms. The van der Waals surface area contributed by atoms with Crippen molar-refractivity contribution in [3.8, 4) is 0 Å². The van der Waals surface area contributed by atoms with Crippen molar-refractivity contribution < 1.29 is 32.6 Å². The van der Waals surface area contributed by atoms with E-state index in [1.54, 1.807) is 43.9 Å². The molecule has 0 N–H and O–H groups in total. The number of ether oxygens (including phenoxy) is 2. The minimum atomic E-state index is -0.813. The molecule has 7 nitrogen and oxygen atoms in total. The van der Waals surface area contributed by atoms with E-state index in [0.29, 0.717) is 18.7 Å². The predicted molar refractivity (Wildman–Crippen MR) is 131 cm³/mol. The molecule has 1 aliphatic rings. The van der Waals surface area contributed by atoms with Crippen LogP contribution in [0.4, 0.5) is 13.6 Å². The van der Waals surface area contributed by atoms with Gasteiger partial charge in [0.2, 0.25) is 5.91 Å². The van der Waals surface area contributed by atoms with Gasteiger partial charge in [-0.1, -0.05) is 32.0 Å². The van der Waals surface area contributed by atoms with Crippen molar-refractivity contribution in [3.05, 3.63) is 70.8 Å². The third-order valence-corrected chi connectivity index (χ3v) is 5.37. The molecule has 9 heteroatoms. The minimum absolute atomic E-state index is 0.0399. The number of likely N-dealkylation sites (tertiary alicyclic amines) is 1. The molecule has 0 bridgehead atoms. The predicted octanol–water partition coefficient (Wildman–Crippen LogP) is 5.14. The van der Waals surface area contributed by atoms with E-state index in [0.717, 1.165) is 22.6 Å². The smallest absolute Gasteiger partial charge is 0.411 e. The van der Waals surface area contributed by atoms with E-state index in [2.05, 4.69) is 0 Å². The molecule has 0 unspecified atom stereocenters.